The summed E-state index contributed by atoms with van der Waals surface area (Å²) in [6.45, 7) is 5.00. The van der Waals surface area contributed by atoms with Crippen molar-refractivity contribution >= 4 is 40.5 Å². The third kappa shape index (κ3) is 2.64. The molecule has 0 bridgehead atoms. The Balaban J connectivity index is 1.79. The number of aromatic nitrogens is 2. The molecule has 6 heteroatoms. The maximum Gasteiger partial charge on any atom is 0.142 e. The molecule has 2 aromatic rings. The van der Waals surface area contributed by atoms with Crippen molar-refractivity contribution < 1.29 is 0 Å². The van der Waals surface area contributed by atoms with E-state index in [9.17, 15) is 0 Å². The van der Waals surface area contributed by atoms with Crippen LogP contribution >= 0.6 is 23.2 Å². The summed E-state index contributed by atoms with van der Waals surface area (Å²) in [5.74, 6) is 2.91. The zero-order valence-electron chi connectivity index (χ0n) is 13.0. The highest BCUT2D eigenvalue weighted by Gasteiger charge is 2.30. The number of fused-ring (bicyclic) bond motifs is 1. The Bertz CT molecular complexity index is 756. The molecule has 120 valence electrons. The lowest BCUT2D eigenvalue weighted by Crippen LogP contribution is -2.21. The average Bonchev–Trinajstić information content (AvgIpc) is 3.16. The van der Waals surface area contributed by atoms with Gasteiger partial charge in [0.05, 0.1) is 10.7 Å². The topological polar surface area (TPSA) is 32.3 Å². The molecular formula is C17H18Cl2N4. The van der Waals surface area contributed by atoms with E-state index in [0.29, 0.717) is 10.0 Å². The maximum absolute atomic E-state index is 6.40. The van der Waals surface area contributed by atoms with Gasteiger partial charge in [0.1, 0.15) is 17.5 Å². The van der Waals surface area contributed by atoms with Gasteiger partial charge in [0, 0.05) is 30.2 Å². The molecule has 0 saturated carbocycles. The Hall–Kier alpha value is -1.52. The lowest BCUT2D eigenvalue weighted by Gasteiger charge is -2.23. The third-order valence-corrected chi connectivity index (χ3v) is 5.06. The number of aryl methyl sites for hydroxylation is 1. The third-order valence-electron chi connectivity index (χ3n) is 4.52. The van der Waals surface area contributed by atoms with E-state index in [2.05, 4.69) is 9.80 Å². The molecule has 0 atom stereocenters. The molecule has 0 radical (unpaired) electrons. The van der Waals surface area contributed by atoms with Crippen LogP contribution in [0.25, 0.3) is 0 Å². The highest BCUT2D eigenvalue weighted by molar-refractivity contribution is 6.36. The van der Waals surface area contributed by atoms with Crippen molar-refractivity contribution in [2.75, 3.05) is 29.4 Å². The number of hydrogen-bond acceptors (Lipinski definition) is 4. The van der Waals surface area contributed by atoms with Gasteiger partial charge >= 0.3 is 0 Å². The van der Waals surface area contributed by atoms with Crippen LogP contribution in [0.4, 0.5) is 17.3 Å². The number of rotatable bonds is 2. The van der Waals surface area contributed by atoms with Crippen LogP contribution in [0.3, 0.4) is 0 Å². The summed E-state index contributed by atoms with van der Waals surface area (Å²) >= 11 is 12.4. The number of benzene rings is 1. The summed E-state index contributed by atoms with van der Waals surface area (Å²) in [6.07, 6.45) is 3.43. The van der Waals surface area contributed by atoms with Crippen LogP contribution in [0.5, 0.6) is 0 Å². The normalized spacial score (nSPS) is 17.0. The SMILES string of the molecule is Cc1nc(N2CCCC2)c2c(n1)N(c1ccc(Cl)cc1Cl)CC2. The van der Waals surface area contributed by atoms with Gasteiger partial charge in [0.15, 0.2) is 0 Å². The largest absolute Gasteiger partial charge is 0.356 e. The van der Waals surface area contributed by atoms with E-state index in [1.54, 1.807) is 6.07 Å². The Labute approximate surface area is 146 Å². The first-order valence-electron chi connectivity index (χ1n) is 7.98. The van der Waals surface area contributed by atoms with Crippen molar-refractivity contribution in [3.63, 3.8) is 0 Å². The predicted molar refractivity (Wildman–Crippen MR) is 95.4 cm³/mol. The number of halogens is 2. The molecule has 1 fully saturated rings. The minimum atomic E-state index is 0.648. The lowest BCUT2D eigenvalue weighted by molar-refractivity contribution is 0.896. The summed E-state index contributed by atoms with van der Waals surface area (Å²) in [5, 5.41) is 1.30. The number of hydrogen-bond donors (Lipinski definition) is 0. The Morgan fingerprint density at radius 1 is 1.00 bits per heavy atom. The first-order valence-corrected chi connectivity index (χ1v) is 8.74. The van der Waals surface area contributed by atoms with Crippen LogP contribution in [0.15, 0.2) is 18.2 Å². The Kier molecular flexibility index (Phi) is 3.82. The van der Waals surface area contributed by atoms with E-state index in [4.69, 9.17) is 33.2 Å². The zero-order valence-corrected chi connectivity index (χ0v) is 14.5. The minimum Gasteiger partial charge on any atom is -0.356 e. The van der Waals surface area contributed by atoms with Crippen LogP contribution in [-0.4, -0.2) is 29.6 Å². The molecule has 0 spiro atoms. The van der Waals surface area contributed by atoms with E-state index >= 15 is 0 Å². The maximum atomic E-state index is 6.40. The lowest BCUT2D eigenvalue weighted by atomic mass is 10.2. The van der Waals surface area contributed by atoms with E-state index in [0.717, 1.165) is 49.2 Å². The molecule has 4 nitrogen and oxygen atoms in total. The smallest absolute Gasteiger partial charge is 0.142 e. The van der Waals surface area contributed by atoms with Crippen LogP contribution in [0, 0.1) is 6.92 Å². The fourth-order valence-corrected chi connectivity index (χ4v) is 3.98. The second kappa shape index (κ2) is 5.84. The molecule has 4 rings (SSSR count). The second-order valence-electron chi connectivity index (χ2n) is 6.09. The molecule has 0 amide bonds. The van der Waals surface area contributed by atoms with Crippen molar-refractivity contribution in [1.82, 2.24) is 9.97 Å². The van der Waals surface area contributed by atoms with Gasteiger partial charge in [-0.2, -0.15) is 0 Å². The van der Waals surface area contributed by atoms with Crippen molar-refractivity contribution in [2.24, 2.45) is 0 Å². The van der Waals surface area contributed by atoms with Gasteiger partial charge < -0.3 is 9.80 Å². The number of nitrogens with zero attached hydrogens (tertiary/aromatic N) is 4. The fraction of sp³-hybridized carbons (Fsp3) is 0.412. The summed E-state index contributed by atoms with van der Waals surface area (Å²) in [4.78, 5) is 14.0. The van der Waals surface area contributed by atoms with Crippen LogP contribution in [-0.2, 0) is 6.42 Å². The Morgan fingerprint density at radius 3 is 2.48 bits per heavy atom. The van der Waals surface area contributed by atoms with E-state index in [-0.39, 0.29) is 0 Å². The van der Waals surface area contributed by atoms with Crippen molar-refractivity contribution in [3.8, 4) is 0 Å². The summed E-state index contributed by atoms with van der Waals surface area (Å²) < 4.78 is 0. The highest BCUT2D eigenvalue weighted by Crippen LogP contribution is 2.41. The van der Waals surface area contributed by atoms with Gasteiger partial charge in [-0.3, -0.25) is 0 Å². The van der Waals surface area contributed by atoms with E-state index in [1.807, 2.05) is 19.1 Å². The molecule has 3 heterocycles. The van der Waals surface area contributed by atoms with E-state index in [1.165, 1.54) is 18.4 Å². The summed E-state index contributed by atoms with van der Waals surface area (Å²) in [6, 6.07) is 5.62. The van der Waals surface area contributed by atoms with E-state index < -0.39 is 0 Å². The molecule has 0 N–H and O–H groups in total. The highest BCUT2D eigenvalue weighted by atomic mass is 35.5. The molecule has 23 heavy (non-hydrogen) atoms. The quantitative estimate of drug-likeness (QED) is 0.805. The summed E-state index contributed by atoms with van der Waals surface area (Å²) in [7, 11) is 0. The van der Waals surface area contributed by atoms with Crippen LogP contribution < -0.4 is 9.80 Å². The first kappa shape index (κ1) is 15.0. The van der Waals surface area contributed by atoms with Crippen LogP contribution in [0.1, 0.15) is 24.2 Å². The molecule has 1 saturated heterocycles. The van der Waals surface area contributed by atoms with Crippen LogP contribution in [0.2, 0.25) is 10.0 Å². The molecule has 1 aromatic heterocycles. The minimum absolute atomic E-state index is 0.648. The average molecular weight is 349 g/mol. The fourth-order valence-electron chi connectivity index (χ4n) is 3.47. The second-order valence-corrected chi connectivity index (χ2v) is 6.93. The zero-order chi connectivity index (χ0) is 16.0. The first-order chi connectivity index (χ1) is 11.1. The summed E-state index contributed by atoms with van der Waals surface area (Å²) in [5.41, 5.74) is 2.20. The van der Waals surface area contributed by atoms with Gasteiger partial charge in [-0.05, 0) is 44.4 Å². The van der Waals surface area contributed by atoms with Gasteiger partial charge in [-0.1, -0.05) is 23.2 Å². The molecule has 2 aliphatic rings. The van der Waals surface area contributed by atoms with Crippen molar-refractivity contribution in [1.29, 1.82) is 0 Å². The predicted octanol–water partition coefficient (Wildman–Crippen LogP) is 4.39. The monoisotopic (exact) mass is 348 g/mol. The standard InChI is InChI=1S/C17H18Cl2N4/c1-11-20-16(22-7-2-3-8-22)13-6-9-23(17(13)21-11)15-5-4-12(18)10-14(15)19/h4-5,10H,2-3,6-9H2,1H3. The van der Waals surface area contributed by atoms with Crippen molar-refractivity contribution in [2.45, 2.75) is 26.2 Å². The Morgan fingerprint density at radius 2 is 1.74 bits per heavy atom. The van der Waals surface area contributed by atoms with Gasteiger partial charge in [0.25, 0.3) is 0 Å². The molecular weight excluding hydrogens is 331 g/mol. The van der Waals surface area contributed by atoms with Crippen molar-refractivity contribution in [3.05, 3.63) is 39.6 Å². The van der Waals surface area contributed by atoms with Gasteiger partial charge in [0.2, 0.25) is 0 Å². The van der Waals surface area contributed by atoms with Gasteiger partial charge in [-0.25, -0.2) is 9.97 Å². The van der Waals surface area contributed by atoms with Gasteiger partial charge in [-0.15, -0.1) is 0 Å². The molecule has 0 unspecified atom stereocenters. The molecule has 1 aromatic carbocycles. The number of anilines is 3. The molecule has 2 aliphatic heterocycles. The molecule has 0 aliphatic carbocycles.